The van der Waals surface area contributed by atoms with Crippen molar-refractivity contribution in [3.63, 3.8) is 0 Å². The third kappa shape index (κ3) is 8.61. The van der Waals surface area contributed by atoms with Crippen LogP contribution < -0.4 is 0 Å². The third-order valence-corrected chi connectivity index (χ3v) is 2.74. The van der Waals surface area contributed by atoms with Gasteiger partial charge in [0.25, 0.3) is 0 Å². The Morgan fingerprint density at radius 2 is 1.75 bits per heavy atom. The Kier molecular flexibility index (Phi) is 10.5. The van der Waals surface area contributed by atoms with Crippen LogP contribution in [0.1, 0.15) is 32.6 Å². The fourth-order valence-corrected chi connectivity index (χ4v) is 1.52. The molecule has 0 rings (SSSR count). The number of carbonyl (C=O) groups excluding carboxylic acids is 2. The molecule has 5 heteroatoms. The first-order valence-electron chi connectivity index (χ1n) is 6.54. The van der Waals surface area contributed by atoms with Crippen LogP contribution in [-0.2, 0) is 23.8 Å². The molecule has 0 amide bonds. The molecule has 0 aromatic heterocycles. The lowest BCUT2D eigenvalue weighted by atomic mass is 10.1. The Labute approximate surface area is 120 Å². The third-order valence-electron chi connectivity index (χ3n) is 2.74. The fraction of sp³-hybridized carbons (Fsp3) is 0.600. The lowest BCUT2D eigenvalue weighted by Gasteiger charge is -2.10. The van der Waals surface area contributed by atoms with Crippen molar-refractivity contribution in [2.24, 2.45) is 0 Å². The highest BCUT2D eigenvalue weighted by Crippen LogP contribution is 2.09. The standard InChI is InChI=1S/C15H24O5/c1-12(16)13(11-15(19-3)20-4)9-7-5-6-8-10-14(17)18-2/h5,7,11,15H,6,8-10H2,1-4H3/b7-5-,13-11+. The van der Waals surface area contributed by atoms with Gasteiger partial charge >= 0.3 is 5.97 Å². The molecule has 5 nitrogen and oxygen atoms in total. The van der Waals surface area contributed by atoms with E-state index in [4.69, 9.17) is 9.47 Å². The van der Waals surface area contributed by atoms with Crippen molar-refractivity contribution in [3.8, 4) is 0 Å². The topological polar surface area (TPSA) is 61.8 Å². The smallest absolute Gasteiger partial charge is 0.305 e. The van der Waals surface area contributed by atoms with Crippen molar-refractivity contribution in [1.29, 1.82) is 0 Å². The van der Waals surface area contributed by atoms with Gasteiger partial charge in [-0.15, -0.1) is 0 Å². The van der Waals surface area contributed by atoms with Crippen LogP contribution in [0, 0.1) is 0 Å². The summed E-state index contributed by atoms with van der Waals surface area (Å²) in [6.07, 6.45) is 7.46. The van der Waals surface area contributed by atoms with Gasteiger partial charge in [-0.25, -0.2) is 0 Å². The molecule has 0 bridgehead atoms. The number of hydrogen-bond acceptors (Lipinski definition) is 5. The zero-order chi connectivity index (χ0) is 15.4. The first-order chi connectivity index (χ1) is 9.54. The van der Waals surface area contributed by atoms with E-state index in [9.17, 15) is 9.59 Å². The number of carbonyl (C=O) groups is 2. The van der Waals surface area contributed by atoms with Crippen LogP contribution in [0.4, 0.5) is 0 Å². The Morgan fingerprint density at radius 1 is 1.10 bits per heavy atom. The first-order valence-corrected chi connectivity index (χ1v) is 6.54. The van der Waals surface area contributed by atoms with E-state index in [1.165, 1.54) is 28.3 Å². The minimum atomic E-state index is -0.512. The monoisotopic (exact) mass is 284 g/mol. The van der Waals surface area contributed by atoms with E-state index < -0.39 is 6.29 Å². The van der Waals surface area contributed by atoms with E-state index in [0.29, 0.717) is 18.4 Å². The minimum absolute atomic E-state index is 0.0108. The van der Waals surface area contributed by atoms with Gasteiger partial charge < -0.3 is 14.2 Å². The Morgan fingerprint density at radius 3 is 2.25 bits per heavy atom. The Bertz CT molecular complexity index is 353. The number of unbranched alkanes of at least 4 members (excludes halogenated alkanes) is 1. The van der Waals surface area contributed by atoms with Gasteiger partial charge in [0.15, 0.2) is 12.1 Å². The zero-order valence-electron chi connectivity index (χ0n) is 12.7. The summed E-state index contributed by atoms with van der Waals surface area (Å²) in [6.45, 7) is 1.51. The van der Waals surface area contributed by atoms with Gasteiger partial charge in [0.1, 0.15) is 0 Å². The van der Waals surface area contributed by atoms with Crippen LogP contribution in [0.2, 0.25) is 0 Å². The molecular weight excluding hydrogens is 260 g/mol. The predicted octanol–water partition coefficient (Wildman–Crippen LogP) is 2.41. The number of esters is 1. The summed E-state index contributed by atoms with van der Waals surface area (Å²) in [7, 11) is 4.42. The maximum atomic E-state index is 11.5. The molecule has 0 aromatic carbocycles. The number of hydrogen-bond donors (Lipinski definition) is 0. The van der Waals surface area contributed by atoms with E-state index in [-0.39, 0.29) is 11.8 Å². The summed E-state index contributed by atoms with van der Waals surface area (Å²) >= 11 is 0. The second-order valence-corrected chi connectivity index (χ2v) is 4.23. The molecule has 114 valence electrons. The lowest BCUT2D eigenvalue weighted by molar-refractivity contribution is -0.140. The van der Waals surface area contributed by atoms with Crippen molar-refractivity contribution in [2.75, 3.05) is 21.3 Å². The number of methoxy groups -OCH3 is 3. The van der Waals surface area contributed by atoms with E-state index in [2.05, 4.69) is 4.74 Å². The van der Waals surface area contributed by atoms with Crippen LogP contribution in [0.25, 0.3) is 0 Å². The van der Waals surface area contributed by atoms with E-state index in [0.717, 1.165) is 12.8 Å². The van der Waals surface area contributed by atoms with Crippen LogP contribution in [0.3, 0.4) is 0 Å². The molecule has 0 spiro atoms. The molecule has 0 saturated heterocycles. The van der Waals surface area contributed by atoms with Crippen LogP contribution in [0.15, 0.2) is 23.8 Å². The molecule has 0 unspecified atom stereocenters. The van der Waals surface area contributed by atoms with Gasteiger partial charge in [-0.1, -0.05) is 12.2 Å². The minimum Gasteiger partial charge on any atom is -0.469 e. The summed E-state index contributed by atoms with van der Waals surface area (Å²) < 4.78 is 14.6. The molecular formula is C15H24O5. The molecule has 0 heterocycles. The average Bonchev–Trinajstić information content (AvgIpc) is 2.45. The normalized spacial score (nSPS) is 12.2. The molecule has 0 aliphatic rings. The Balaban J connectivity index is 4.21. The largest absolute Gasteiger partial charge is 0.469 e. The van der Waals surface area contributed by atoms with Crippen molar-refractivity contribution in [3.05, 3.63) is 23.8 Å². The highest BCUT2D eigenvalue weighted by atomic mass is 16.7. The van der Waals surface area contributed by atoms with E-state index >= 15 is 0 Å². The van der Waals surface area contributed by atoms with E-state index in [1.807, 2.05) is 12.2 Å². The molecule has 0 saturated carbocycles. The van der Waals surface area contributed by atoms with Crippen molar-refractivity contribution >= 4 is 11.8 Å². The second kappa shape index (κ2) is 11.4. The molecule has 0 aliphatic carbocycles. The van der Waals surface area contributed by atoms with Crippen molar-refractivity contribution in [2.45, 2.75) is 38.9 Å². The zero-order valence-corrected chi connectivity index (χ0v) is 12.7. The highest BCUT2D eigenvalue weighted by Gasteiger charge is 2.07. The van der Waals surface area contributed by atoms with Crippen LogP contribution in [-0.4, -0.2) is 39.4 Å². The molecule has 20 heavy (non-hydrogen) atoms. The highest BCUT2D eigenvalue weighted by molar-refractivity contribution is 5.93. The molecule has 0 aromatic rings. The molecule has 0 radical (unpaired) electrons. The maximum absolute atomic E-state index is 11.5. The van der Waals surface area contributed by atoms with Gasteiger partial charge in [-0.2, -0.15) is 0 Å². The van der Waals surface area contributed by atoms with Crippen molar-refractivity contribution < 1.29 is 23.8 Å². The predicted molar refractivity (Wildman–Crippen MR) is 76.2 cm³/mol. The molecule has 0 fully saturated rings. The van der Waals surface area contributed by atoms with Gasteiger partial charge in [0.05, 0.1) is 7.11 Å². The van der Waals surface area contributed by atoms with Gasteiger partial charge in [-0.3, -0.25) is 9.59 Å². The summed E-state index contributed by atoms with van der Waals surface area (Å²) in [5, 5.41) is 0. The summed E-state index contributed by atoms with van der Waals surface area (Å²) in [4.78, 5) is 22.4. The van der Waals surface area contributed by atoms with Gasteiger partial charge in [0.2, 0.25) is 0 Å². The molecule has 0 aliphatic heterocycles. The second-order valence-electron chi connectivity index (χ2n) is 4.23. The Hall–Kier alpha value is -1.46. The fourth-order valence-electron chi connectivity index (χ4n) is 1.52. The van der Waals surface area contributed by atoms with Crippen molar-refractivity contribution in [1.82, 2.24) is 0 Å². The van der Waals surface area contributed by atoms with Gasteiger partial charge in [-0.05, 0) is 37.8 Å². The van der Waals surface area contributed by atoms with Gasteiger partial charge in [0, 0.05) is 20.6 Å². The molecule has 0 atom stereocenters. The number of ketones is 1. The molecule has 0 N–H and O–H groups in total. The number of Topliss-reactive ketones (excluding diaryl/α,β-unsaturated/α-hetero) is 1. The quantitative estimate of drug-likeness (QED) is 0.203. The summed E-state index contributed by atoms with van der Waals surface area (Å²) in [5.74, 6) is -0.214. The van der Waals surface area contributed by atoms with E-state index in [1.54, 1.807) is 6.08 Å². The first kappa shape index (κ1) is 18.5. The summed E-state index contributed by atoms with van der Waals surface area (Å²) in [6, 6.07) is 0. The van der Waals surface area contributed by atoms with Crippen LogP contribution >= 0.6 is 0 Å². The maximum Gasteiger partial charge on any atom is 0.305 e. The lowest BCUT2D eigenvalue weighted by Crippen LogP contribution is -2.12. The summed E-state index contributed by atoms with van der Waals surface area (Å²) in [5.41, 5.74) is 0.642. The van der Waals surface area contributed by atoms with Crippen LogP contribution in [0.5, 0.6) is 0 Å². The SMILES string of the molecule is COC(=O)CCC/C=C\C/C(=C\C(OC)OC)C(C)=O. The number of rotatable bonds is 10. The number of allylic oxidation sites excluding steroid dienone is 3. The number of ether oxygens (including phenoxy) is 3. The average molecular weight is 284 g/mol.